The first-order chi connectivity index (χ1) is 15.7. The van der Waals surface area contributed by atoms with Crippen LogP contribution in [0.2, 0.25) is 0 Å². The highest BCUT2D eigenvalue weighted by Crippen LogP contribution is 2.56. The molecule has 0 spiro atoms. The summed E-state index contributed by atoms with van der Waals surface area (Å²) in [6.07, 6.45) is -38.7. The first-order valence-electron chi connectivity index (χ1n) is 8.05. The molecule has 208 valence electrons. The van der Waals surface area contributed by atoms with Gasteiger partial charge in [0.1, 0.15) is 5.75 Å². The highest BCUT2D eigenvalue weighted by atomic mass is 19.4. The van der Waals surface area contributed by atoms with E-state index in [1.165, 1.54) is 4.74 Å². The molecule has 0 N–H and O–H groups in total. The molecule has 2 atom stereocenters. The predicted molar refractivity (Wildman–Crippen MR) is 74.9 cm³/mol. The van der Waals surface area contributed by atoms with Crippen molar-refractivity contribution in [1.82, 2.24) is 0 Å². The Kier molecular flexibility index (Phi) is 7.92. The van der Waals surface area contributed by atoms with E-state index in [1.807, 2.05) is 4.74 Å². The second kappa shape index (κ2) is 9.06. The number of para-hydroxylation sites is 1. The van der Waals surface area contributed by atoms with Crippen LogP contribution in [-0.4, -0.2) is 54.3 Å². The molecular formula is C15H5F17O4. The zero-order chi connectivity index (χ0) is 28.8. The van der Waals surface area contributed by atoms with Crippen LogP contribution in [0.25, 0.3) is 0 Å². The average Bonchev–Trinajstić information content (AvgIpc) is 2.65. The van der Waals surface area contributed by atoms with Gasteiger partial charge in [0.15, 0.2) is 0 Å². The van der Waals surface area contributed by atoms with E-state index in [-0.39, 0.29) is 0 Å². The third kappa shape index (κ3) is 5.54. The number of esters is 1. The normalized spacial score (nSPS) is 17.8. The highest BCUT2D eigenvalue weighted by molar-refractivity contribution is 5.81. The quantitative estimate of drug-likeness (QED) is 0.204. The number of hydrogen-bond acceptors (Lipinski definition) is 4. The summed E-state index contributed by atoms with van der Waals surface area (Å²) in [6, 6.07) is 3.80. The molecule has 0 radical (unpaired) electrons. The van der Waals surface area contributed by atoms with Crippen molar-refractivity contribution in [1.29, 1.82) is 0 Å². The molecular weight excluding hydrogens is 567 g/mol. The zero-order valence-electron chi connectivity index (χ0n) is 15.9. The van der Waals surface area contributed by atoms with Gasteiger partial charge in [-0.1, -0.05) is 18.2 Å². The Morgan fingerprint density at radius 3 is 1.36 bits per heavy atom. The van der Waals surface area contributed by atoms with E-state index in [0.29, 0.717) is 12.1 Å². The third-order valence-corrected chi connectivity index (χ3v) is 3.58. The topological polar surface area (TPSA) is 44.8 Å². The summed E-state index contributed by atoms with van der Waals surface area (Å²) in [7, 11) is 0. The molecule has 21 heteroatoms. The molecule has 1 rings (SSSR count). The number of alkyl halides is 17. The van der Waals surface area contributed by atoms with Crippen molar-refractivity contribution in [2.75, 3.05) is 0 Å². The fourth-order valence-electron chi connectivity index (χ4n) is 1.81. The van der Waals surface area contributed by atoms with Gasteiger partial charge in [-0.2, -0.15) is 74.6 Å². The fourth-order valence-corrected chi connectivity index (χ4v) is 1.81. The molecule has 0 aliphatic heterocycles. The summed E-state index contributed by atoms with van der Waals surface area (Å²) in [5.41, 5.74) is 0. The smallest absolute Gasteiger partial charge is 0.422 e. The second-order valence-electron chi connectivity index (χ2n) is 6.20. The van der Waals surface area contributed by atoms with Gasteiger partial charge in [-0.25, -0.2) is 4.79 Å². The molecule has 0 amide bonds. The van der Waals surface area contributed by atoms with E-state index >= 15 is 0 Å². The summed E-state index contributed by atoms with van der Waals surface area (Å²) >= 11 is 0. The van der Waals surface area contributed by atoms with Crippen LogP contribution in [0.15, 0.2) is 30.3 Å². The van der Waals surface area contributed by atoms with Gasteiger partial charge < -0.3 is 4.74 Å². The highest BCUT2D eigenvalue weighted by Gasteiger charge is 2.85. The second-order valence-corrected chi connectivity index (χ2v) is 6.20. The van der Waals surface area contributed by atoms with Gasteiger partial charge >= 0.3 is 54.3 Å². The molecule has 4 nitrogen and oxygen atoms in total. The van der Waals surface area contributed by atoms with Crippen LogP contribution >= 0.6 is 0 Å². The van der Waals surface area contributed by atoms with Crippen molar-refractivity contribution < 1.29 is 93.6 Å². The summed E-state index contributed by atoms with van der Waals surface area (Å²) in [5.74, 6) is -27.7. The minimum Gasteiger partial charge on any atom is -0.422 e. The number of halogens is 17. The monoisotopic (exact) mass is 572 g/mol. The van der Waals surface area contributed by atoms with Crippen LogP contribution in [-0.2, 0) is 14.3 Å². The molecule has 0 saturated heterocycles. The van der Waals surface area contributed by atoms with Gasteiger partial charge in [0.25, 0.3) is 0 Å². The van der Waals surface area contributed by atoms with Crippen molar-refractivity contribution >= 4 is 5.97 Å². The molecule has 2 unspecified atom stereocenters. The Balaban J connectivity index is 3.61. The maximum absolute atomic E-state index is 14.2. The van der Waals surface area contributed by atoms with Gasteiger partial charge in [-0.15, -0.1) is 0 Å². The van der Waals surface area contributed by atoms with Crippen molar-refractivity contribution in [3.8, 4) is 5.75 Å². The molecule has 0 bridgehead atoms. The first-order valence-corrected chi connectivity index (χ1v) is 8.05. The molecule has 0 aliphatic rings. The van der Waals surface area contributed by atoms with E-state index in [1.54, 1.807) is 0 Å². The van der Waals surface area contributed by atoms with Gasteiger partial charge in [0, 0.05) is 0 Å². The van der Waals surface area contributed by atoms with Crippen molar-refractivity contribution in [2.24, 2.45) is 0 Å². The van der Waals surface area contributed by atoms with Crippen molar-refractivity contribution in [2.45, 2.75) is 48.4 Å². The Hall–Kier alpha value is -2.58. The lowest BCUT2D eigenvalue weighted by molar-refractivity contribution is -0.548. The summed E-state index contributed by atoms with van der Waals surface area (Å²) in [5, 5.41) is 0. The van der Waals surface area contributed by atoms with Gasteiger partial charge in [0.05, 0.1) is 0 Å². The summed E-state index contributed by atoms with van der Waals surface area (Å²) in [4.78, 5) is 11.5. The number of carbonyl (C=O) groups is 1. The van der Waals surface area contributed by atoms with Crippen LogP contribution in [0.3, 0.4) is 0 Å². The largest absolute Gasteiger partial charge is 0.462 e. The van der Waals surface area contributed by atoms with Gasteiger partial charge in [-0.05, 0) is 12.1 Å². The molecule has 0 aromatic heterocycles. The number of benzene rings is 1. The lowest BCUT2D eigenvalue weighted by Gasteiger charge is -2.39. The molecule has 0 saturated carbocycles. The first kappa shape index (κ1) is 31.4. The lowest BCUT2D eigenvalue weighted by atomic mass is 10.2. The number of hydrogen-bond donors (Lipinski definition) is 0. The summed E-state index contributed by atoms with van der Waals surface area (Å²) in [6.45, 7) is 0. The fraction of sp³-hybridized carbons (Fsp3) is 0.533. The van der Waals surface area contributed by atoms with Gasteiger partial charge in [0.2, 0.25) is 0 Å². The minimum absolute atomic E-state index is 0.519. The molecule has 0 heterocycles. The Morgan fingerprint density at radius 1 is 0.556 bits per heavy atom. The Bertz CT molecular complexity index is 923. The maximum Gasteiger partial charge on any atom is 0.462 e. The lowest BCUT2D eigenvalue weighted by Crippen LogP contribution is -2.68. The molecule has 0 fully saturated rings. The third-order valence-electron chi connectivity index (χ3n) is 3.58. The molecule has 36 heavy (non-hydrogen) atoms. The molecule has 1 aromatic rings. The predicted octanol–water partition coefficient (Wildman–Crippen LogP) is 6.46. The molecule has 0 aliphatic carbocycles. The zero-order valence-corrected chi connectivity index (χ0v) is 15.9. The van der Waals surface area contributed by atoms with Gasteiger partial charge in [-0.3, -0.25) is 9.47 Å². The standard InChI is InChI=1S/C15H5F17O4/c16-8(11(20,21)22,7(33)34-6-4-2-1-3-5-6)35-15(31,32)10(19,13(26,27)28)36-14(29,30)9(17,18)12(23,24)25/h1-5H. The van der Waals surface area contributed by atoms with Crippen molar-refractivity contribution in [3.05, 3.63) is 30.3 Å². The van der Waals surface area contributed by atoms with Crippen LogP contribution in [0.1, 0.15) is 0 Å². The van der Waals surface area contributed by atoms with E-state index < -0.39 is 60.1 Å². The SMILES string of the molecule is O=C(Oc1ccccc1)C(F)(OC(F)(F)C(F)(OC(F)(F)C(F)(F)C(F)(F)F)C(F)(F)F)C(F)(F)F. The van der Waals surface area contributed by atoms with E-state index in [4.69, 9.17) is 0 Å². The summed E-state index contributed by atoms with van der Waals surface area (Å²) < 4.78 is 228. The maximum atomic E-state index is 14.2. The van der Waals surface area contributed by atoms with E-state index in [0.717, 1.165) is 18.2 Å². The van der Waals surface area contributed by atoms with E-state index in [2.05, 4.69) is 4.74 Å². The Morgan fingerprint density at radius 2 is 1.00 bits per heavy atom. The number of ether oxygens (including phenoxy) is 3. The molecule has 1 aromatic carbocycles. The minimum atomic E-state index is -8.08. The van der Waals surface area contributed by atoms with Crippen molar-refractivity contribution in [3.63, 3.8) is 0 Å². The van der Waals surface area contributed by atoms with Crippen LogP contribution in [0.5, 0.6) is 5.75 Å². The van der Waals surface area contributed by atoms with Crippen LogP contribution in [0, 0.1) is 0 Å². The van der Waals surface area contributed by atoms with Crippen LogP contribution < -0.4 is 4.74 Å². The Labute approximate surface area is 185 Å². The van der Waals surface area contributed by atoms with Crippen LogP contribution in [0.4, 0.5) is 74.6 Å². The number of rotatable bonds is 8. The number of carbonyl (C=O) groups excluding carboxylic acids is 1. The average molecular weight is 572 g/mol. The van der Waals surface area contributed by atoms with E-state index in [9.17, 15) is 79.4 Å².